The van der Waals surface area contributed by atoms with Crippen molar-refractivity contribution in [1.29, 1.82) is 0 Å². The zero-order valence-corrected chi connectivity index (χ0v) is 20.4. The lowest BCUT2D eigenvalue weighted by molar-refractivity contribution is -0.185. The number of carbonyl (C=O) groups excluding carboxylic acids is 3. The Morgan fingerprint density at radius 2 is 1.66 bits per heavy atom. The molecular formula is C26H37NO8. The smallest absolute Gasteiger partial charge is 0.320 e. The van der Waals surface area contributed by atoms with Crippen molar-refractivity contribution in [3.63, 3.8) is 0 Å². The van der Waals surface area contributed by atoms with E-state index in [1.807, 2.05) is 4.90 Å². The molecule has 35 heavy (non-hydrogen) atoms. The van der Waals surface area contributed by atoms with Crippen molar-refractivity contribution >= 4 is 17.9 Å². The van der Waals surface area contributed by atoms with Crippen LogP contribution in [0, 0.1) is 17.8 Å². The van der Waals surface area contributed by atoms with Gasteiger partial charge in [0.2, 0.25) is 0 Å². The molecule has 6 aliphatic rings. The average molecular weight is 492 g/mol. The fourth-order valence-corrected chi connectivity index (χ4v) is 7.51. The van der Waals surface area contributed by atoms with Crippen LogP contribution in [-0.2, 0) is 38.1 Å². The second-order valence-corrected chi connectivity index (χ2v) is 11.2. The SMILES string of the molecule is O=C(CN1CCOCC1)OC1C2OC(=O)C3C2OC1C3C(=O)OC1(C2CCCCC2)CCCCC1. The molecule has 4 aliphatic heterocycles. The number of carbonyl (C=O) groups is 3. The van der Waals surface area contributed by atoms with E-state index in [1.54, 1.807) is 0 Å². The van der Waals surface area contributed by atoms with Gasteiger partial charge in [-0.1, -0.05) is 25.7 Å². The van der Waals surface area contributed by atoms with Gasteiger partial charge in [-0.25, -0.2) is 0 Å². The molecule has 0 aromatic carbocycles. The average Bonchev–Trinajstić information content (AvgIpc) is 3.50. The predicted octanol–water partition coefficient (Wildman–Crippen LogP) is 2.00. The van der Waals surface area contributed by atoms with Crippen LogP contribution in [0.3, 0.4) is 0 Å². The van der Waals surface area contributed by atoms with Crippen molar-refractivity contribution in [2.75, 3.05) is 32.8 Å². The molecule has 6 rings (SSSR count). The lowest BCUT2D eigenvalue weighted by Crippen LogP contribution is -2.52. The highest BCUT2D eigenvalue weighted by Crippen LogP contribution is 2.53. The third kappa shape index (κ3) is 4.27. The predicted molar refractivity (Wildman–Crippen MR) is 121 cm³/mol. The summed E-state index contributed by atoms with van der Waals surface area (Å²) in [5.74, 6) is -2.28. The summed E-state index contributed by atoms with van der Waals surface area (Å²) in [6, 6.07) is 0. The molecule has 2 saturated carbocycles. The van der Waals surface area contributed by atoms with Gasteiger partial charge in [0, 0.05) is 13.1 Å². The first kappa shape index (κ1) is 23.7. The number of fused-ring (bicyclic) bond motifs is 1. The standard InChI is InChI=1S/C26H37NO8/c28-17(15-27-11-13-31-14-12-27)32-22-21-19(18-20(33-21)23(22)34-24(18)29)25(30)35-26(9-5-2-6-10-26)16-7-3-1-4-8-16/h16,18-23H,1-15H2. The summed E-state index contributed by atoms with van der Waals surface area (Å²) in [6.45, 7) is 2.65. The van der Waals surface area contributed by atoms with E-state index in [4.69, 9.17) is 23.7 Å². The topological polar surface area (TPSA) is 101 Å². The molecule has 9 heteroatoms. The van der Waals surface area contributed by atoms with Crippen LogP contribution in [0.2, 0.25) is 0 Å². The van der Waals surface area contributed by atoms with Crippen molar-refractivity contribution in [3.8, 4) is 0 Å². The van der Waals surface area contributed by atoms with Gasteiger partial charge in [-0.3, -0.25) is 19.3 Å². The van der Waals surface area contributed by atoms with E-state index in [-0.39, 0.29) is 12.5 Å². The third-order valence-electron chi connectivity index (χ3n) is 9.25. The fraction of sp³-hybridized carbons (Fsp3) is 0.885. The van der Waals surface area contributed by atoms with Gasteiger partial charge in [-0.05, 0) is 44.4 Å². The van der Waals surface area contributed by atoms with Gasteiger partial charge in [0.1, 0.15) is 29.6 Å². The molecule has 9 nitrogen and oxygen atoms in total. The molecule has 194 valence electrons. The van der Waals surface area contributed by atoms with Crippen LogP contribution in [0.25, 0.3) is 0 Å². The molecule has 4 saturated heterocycles. The minimum Gasteiger partial charge on any atom is -0.458 e. The van der Waals surface area contributed by atoms with Crippen LogP contribution >= 0.6 is 0 Å². The van der Waals surface area contributed by atoms with Gasteiger partial charge < -0.3 is 23.7 Å². The van der Waals surface area contributed by atoms with E-state index in [0.29, 0.717) is 32.2 Å². The molecule has 0 N–H and O–H groups in total. The first-order chi connectivity index (χ1) is 17.1. The van der Waals surface area contributed by atoms with Gasteiger partial charge in [0.15, 0.2) is 12.2 Å². The van der Waals surface area contributed by atoms with Crippen LogP contribution < -0.4 is 0 Å². The van der Waals surface area contributed by atoms with Gasteiger partial charge in [0.05, 0.1) is 19.8 Å². The third-order valence-corrected chi connectivity index (χ3v) is 9.25. The molecule has 0 spiro atoms. The largest absolute Gasteiger partial charge is 0.458 e. The Kier molecular flexibility index (Phi) is 6.52. The van der Waals surface area contributed by atoms with Crippen LogP contribution in [0.5, 0.6) is 0 Å². The summed E-state index contributed by atoms with van der Waals surface area (Å²) in [5, 5.41) is 0. The van der Waals surface area contributed by atoms with Gasteiger partial charge >= 0.3 is 17.9 Å². The number of morpholine rings is 1. The zero-order valence-electron chi connectivity index (χ0n) is 20.4. The molecule has 0 aromatic rings. The van der Waals surface area contributed by atoms with Crippen LogP contribution in [0.4, 0.5) is 0 Å². The Hall–Kier alpha value is -1.71. The lowest BCUT2D eigenvalue weighted by Gasteiger charge is -2.45. The maximum Gasteiger partial charge on any atom is 0.320 e. The van der Waals surface area contributed by atoms with E-state index < -0.39 is 53.8 Å². The van der Waals surface area contributed by atoms with E-state index in [0.717, 1.165) is 38.5 Å². The second-order valence-electron chi connectivity index (χ2n) is 11.2. The lowest BCUT2D eigenvalue weighted by atomic mass is 9.69. The molecule has 2 bridgehead atoms. The van der Waals surface area contributed by atoms with Crippen molar-refractivity contribution < 1.29 is 38.1 Å². The zero-order chi connectivity index (χ0) is 24.0. The number of rotatable bonds is 6. The number of hydrogen-bond donors (Lipinski definition) is 0. The number of hydrogen-bond acceptors (Lipinski definition) is 9. The first-order valence-corrected chi connectivity index (χ1v) is 13.6. The van der Waals surface area contributed by atoms with Crippen LogP contribution in [-0.4, -0.2) is 85.7 Å². The van der Waals surface area contributed by atoms with Gasteiger partial charge in [-0.2, -0.15) is 0 Å². The first-order valence-electron chi connectivity index (χ1n) is 13.6. The van der Waals surface area contributed by atoms with E-state index in [2.05, 4.69) is 0 Å². The van der Waals surface area contributed by atoms with Gasteiger partial charge in [0.25, 0.3) is 0 Å². The Bertz CT molecular complexity index is 829. The normalized spacial score (nSPS) is 38.8. The quantitative estimate of drug-likeness (QED) is 0.408. The summed E-state index contributed by atoms with van der Waals surface area (Å²) < 4.78 is 29.2. The van der Waals surface area contributed by atoms with Crippen LogP contribution in [0.1, 0.15) is 64.2 Å². The minimum atomic E-state index is -0.783. The molecular weight excluding hydrogens is 454 g/mol. The Balaban J connectivity index is 1.17. The van der Waals surface area contributed by atoms with Crippen molar-refractivity contribution in [2.24, 2.45) is 17.8 Å². The fourth-order valence-electron chi connectivity index (χ4n) is 7.51. The highest BCUT2D eigenvalue weighted by molar-refractivity contribution is 5.87. The highest BCUT2D eigenvalue weighted by atomic mass is 16.7. The van der Waals surface area contributed by atoms with E-state index >= 15 is 0 Å². The molecule has 0 radical (unpaired) electrons. The summed E-state index contributed by atoms with van der Waals surface area (Å²) in [4.78, 5) is 41.2. The van der Waals surface area contributed by atoms with E-state index in [1.165, 1.54) is 25.7 Å². The number of ether oxygens (including phenoxy) is 5. The summed E-state index contributed by atoms with van der Waals surface area (Å²) >= 11 is 0. The number of nitrogens with zero attached hydrogens (tertiary/aromatic N) is 1. The summed E-state index contributed by atoms with van der Waals surface area (Å²) in [7, 11) is 0. The molecule has 0 amide bonds. The number of esters is 3. The second kappa shape index (κ2) is 9.63. The van der Waals surface area contributed by atoms with Crippen LogP contribution in [0.15, 0.2) is 0 Å². The maximum absolute atomic E-state index is 13.8. The highest BCUT2D eigenvalue weighted by Gasteiger charge is 2.72. The molecule has 6 atom stereocenters. The Morgan fingerprint density at radius 1 is 0.943 bits per heavy atom. The summed E-state index contributed by atoms with van der Waals surface area (Å²) in [6.07, 6.45) is 8.19. The Labute approximate surface area is 206 Å². The van der Waals surface area contributed by atoms with E-state index in [9.17, 15) is 14.4 Å². The molecule has 4 heterocycles. The van der Waals surface area contributed by atoms with Crippen molar-refractivity contribution in [3.05, 3.63) is 0 Å². The van der Waals surface area contributed by atoms with Crippen molar-refractivity contribution in [2.45, 2.75) is 94.2 Å². The minimum absolute atomic E-state index is 0.140. The molecule has 0 aromatic heterocycles. The monoisotopic (exact) mass is 491 g/mol. The molecule has 2 aliphatic carbocycles. The van der Waals surface area contributed by atoms with Crippen molar-refractivity contribution in [1.82, 2.24) is 4.90 Å². The van der Waals surface area contributed by atoms with Gasteiger partial charge in [-0.15, -0.1) is 0 Å². The summed E-state index contributed by atoms with van der Waals surface area (Å²) in [5.41, 5.74) is -0.442. The Morgan fingerprint density at radius 3 is 2.40 bits per heavy atom. The maximum atomic E-state index is 13.8. The molecule has 6 fully saturated rings. The molecule has 6 unspecified atom stereocenters.